The molecule has 2 aromatic rings. The number of anilines is 1. The summed E-state index contributed by atoms with van der Waals surface area (Å²) >= 11 is 0. The fourth-order valence-corrected chi connectivity index (χ4v) is 2.49. The van der Waals surface area contributed by atoms with Crippen molar-refractivity contribution in [2.24, 2.45) is 0 Å². The highest BCUT2D eigenvalue weighted by Gasteiger charge is 2.14. The molecule has 0 spiro atoms. The summed E-state index contributed by atoms with van der Waals surface area (Å²) in [4.78, 5) is 16.3. The molecule has 1 heterocycles. The highest BCUT2D eigenvalue weighted by molar-refractivity contribution is 5.92. The smallest absolute Gasteiger partial charge is 0.252 e. The van der Waals surface area contributed by atoms with Crippen LogP contribution in [0.15, 0.2) is 18.2 Å². The van der Waals surface area contributed by atoms with E-state index in [9.17, 15) is 4.79 Å². The van der Waals surface area contributed by atoms with E-state index in [2.05, 4.69) is 34.8 Å². The van der Waals surface area contributed by atoms with Crippen LogP contribution in [0.4, 0.5) is 5.95 Å². The Morgan fingerprint density at radius 1 is 1.38 bits per heavy atom. The predicted octanol–water partition coefficient (Wildman–Crippen LogP) is 3.12. The lowest BCUT2D eigenvalue weighted by atomic mass is 10.2. The minimum Gasteiger partial charge on any atom is -0.375 e. The molecule has 0 unspecified atom stereocenters. The molecule has 21 heavy (non-hydrogen) atoms. The third-order valence-electron chi connectivity index (χ3n) is 3.48. The van der Waals surface area contributed by atoms with Gasteiger partial charge in [-0.3, -0.25) is 10.1 Å². The quantitative estimate of drug-likeness (QED) is 0.797. The van der Waals surface area contributed by atoms with Gasteiger partial charge in [0.2, 0.25) is 5.95 Å². The normalized spacial score (nSPS) is 11.0. The molecule has 1 aromatic heterocycles. The second kappa shape index (κ2) is 7.22. The van der Waals surface area contributed by atoms with Crippen molar-refractivity contribution < 1.29 is 9.53 Å². The van der Waals surface area contributed by atoms with Gasteiger partial charge in [0, 0.05) is 13.7 Å². The Morgan fingerprint density at radius 2 is 2.19 bits per heavy atom. The molecule has 5 nitrogen and oxygen atoms in total. The monoisotopic (exact) mass is 289 g/mol. The number of hydrogen-bond acceptors (Lipinski definition) is 3. The number of ether oxygens (including phenoxy) is 1. The third kappa shape index (κ3) is 3.61. The van der Waals surface area contributed by atoms with Crippen molar-refractivity contribution in [1.29, 1.82) is 0 Å². The van der Waals surface area contributed by atoms with Crippen molar-refractivity contribution in [3.8, 4) is 0 Å². The van der Waals surface area contributed by atoms with Gasteiger partial charge in [0.15, 0.2) is 0 Å². The van der Waals surface area contributed by atoms with E-state index >= 15 is 0 Å². The number of nitrogens with zero attached hydrogens (tertiary/aromatic N) is 2. The van der Waals surface area contributed by atoms with Gasteiger partial charge in [-0.1, -0.05) is 31.9 Å². The first-order valence-electron chi connectivity index (χ1n) is 7.42. The minimum absolute atomic E-state index is 0.0388. The first kappa shape index (κ1) is 15.5. The Kier molecular flexibility index (Phi) is 5.33. The summed E-state index contributed by atoms with van der Waals surface area (Å²) in [7, 11) is 1.51. The van der Waals surface area contributed by atoms with Gasteiger partial charge in [-0.25, -0.2) is 4.98 Å². The van der Waals surface area contributed by atoms with Gasteiger partial charge in [-0.15, -0.1) is 0 Å². The Labute approximate surface area is 125 Å². The fraction of sp³-hybridized carbons (Fsp3) is 0.500. The summed E-state index contributed by atoms with van der Waals surface area (Å²) in [5.41, 5.74) is 3.18. The molecule has 0 saturated heterocycles. The number of imidazole rings is 1. The number of aryl methyl sites for hydroxylation is 2. The van der Waals surface area contributed by atoms with Crippen LogP contribution in [-0.4, -0.2) is 29.2 Å². The van der Waals surface area contributed by atoms with Crippen molar-refractivity contribution in [2.75, 3.05) is 19.0 Å². The SMILES string of the molecule is CCCCCn1c(NC(=O)COC)nc2cccc(C)c21. The summed E-state index contributed by atoms with van der Waals surface area (Å²) in [6.07, 6.45) is 3.40. The summed E-state index contributed by atoms with van der Waals surface area (Å²) < 4.78 is 6.97. The van der Waals surface area contributed by atoms with Crippen LogP contribution in [0.2, 0.25) is 0 Å². The lowest BCUT2D eigenvalue weighted by molar-refractivity contribution is -0.119. The zero-order chi connectivity index (χ0) is 15.2. The molecule has 0 atom stereocenters. The molecule has 0 fully saturated rings. The Balaban J connectivity index is 2.35. The number of carbonyl (C=O) groups is 1. The van der Waals surface area contributed by atoms with Crippen molar-refractivity contribution >= 4 is 22.9 Å². The maximum atomic E-state index is 11.8. The van der Waals surface area contributed by atoms with E-state index in [1.165, 1.54) is 12.7 Å². The van der Waals surface area contributed by atoms with E-state index in [0.717, 1.165) is 36.8 Å². The predicted molar refractivity (Wildman–Crippen MR) is 84.5 cm³/mol. The van der Waals surface area contributed by atoms with Crippen LogP contribution < -0.4 is 5.32 Å². The van der Waals surface area contributed by atoms with Gasteiger partial charge < -0.3 is 9.30 Å². The average molecular weight is 289 g/mol. The van der Waals surface area contributed by atoms with Crippen LogP contribution in [0.5, 0.6) is 0 Å². The maximum absolute atomic E-state index is 11.8. The highest BCUT2D eigenvalue weighted by atomic mass is 16.5. The van der Waals surface area contributed by atoms with Crippen molar-refractivity contribution in [3.63, 3.8) is 0 Å². The van der Waals surface area contributed by atoms with Crippen LogP contribution in [0, 0.1) is 6.92 Å². The Bertz CT molecular complexity index is 619. The van der Waals surface area contributed by atoms with Crippen LogP contribution in [0.25, 0.3) is 11.0 Å². The first-order chi connectivity index (χ1) is 10.2. The zero-order valence-electron chi connectivity index (χ0n) is 13.0. The number of aromatic nitrogens is 2. The lowest BCUT2D eigenvalue weighted by Gasteiger charge is -2.10. The molecular weight excluding hydrogens is 266 g/mol. The number of fused-ring (bicyclic) bond motifs is 1. The van der Waals surface area contributed by atoms with Gasteiger partial charge in [0.05, 0.1) is 11.0 Å². The molecule has 0 bridgehead atoms. The van der Waals surface area contributed by atoms with Crippen LogP contribution in [0.3, 0.4) is 0 Å². The van der Waals surface area contributed by atoms with E-state index in [0.29, 0.717) is 5.95 Å². The summed E-state index contributed by atoms with van der Waals surface area (Å²) in [6.45, 7) is 5.15. The number of methoxy groups -OCH3 is 1. The van der Waals surface area contributed by atoms with Gasteiger partial charge in [0.25, 0.3) is 5.91 Å². The summed E-state index contributed by atoms with van der Waals surface area (Å²) in [6, 6.07) is 6.04. The topological polar surface area (TPSA) is 56.2 Å². The number of para-hydroxylation sites is 1. The third-order valence-corrected chi connectivity index (χ3v) is 3.48. The summed E-state index contributed by atoms with van der Waals surface area (Å²) in [5, 5.41) is 2.84. The van der Waals surface area contributed by atoms with Gasteiger partial charge in [-0.05, 0) is 25.0 Å². The number of hydrogen-bond donors (Lipinski definition) is 1. The summed E-state index contributed by atoms with van der Waals surface area (Å²) in [5.74, 6) is 0.430. The number of carbonyl (C=O) groups excluding carboxylic acids is 1. The molecule has 5 heteroatoms. The van der Waals surface area contributed by atoms with Gasteiger partial charge >= 0.3 is 0 Å². The first-order valence-corrected chi connectivity index (χ1v) is 7.42. The van der Waals surface area contributed by atoms with E-state index in [1.807, 2.05) is 12.1 Å². The standard InChI is InChI=1S/C16H23N3O2/c1-4-5-6-10-19-15-12(2)8-7-9-13(15)17-16(19)18-14(20)11-21-3/h7-9H,4-6,10-11H2,1-3H3,(H,17,18,20). The molecule has 0 aliphatic heterocycles. The molecule has 0 aliphatic rings. The number of benzene rings is 1. The molecule has 1 amide bonds. The number of amides is 1. The van der Waals surface area contributed by atoms with Gasteiger partial charge in [0.1, 0.15) is 6.61 Å². The Hall–Kier alpha value is -1.88. The molecule has 0 aliphatic carbocycles. The minimum atomic E-state index is -0.179. The van der Waals surface area contributed by atoms with E-state index < -0.39 is 0 Å². The molecular formula is C16H23N3O2. The number of nitrogens with one attached hydrogen (secondary N) is 1. The van der Waals surface area contributed by atoms with E-state index in [4.69, 9.17) is 4.74 Å². The highest BCUT2D eigenvalue weighted by Crippen LogP contribution is 2.23. The molecule has 0 radical (unpaired) electrons. The molecule has 2 rings (SSSR count). The van der Waals surface area contributed by atoms with Crippen LogP contribution >= 0.6 is 0 Å². The van der Waals surface area contributed by atoms with Crippen LogP contribution in [0.1, 0.15) is 31.7 Å². The van der Waals surface area contributed by atoms with E-state index in [-0.39, 0.29) is 12.5 Å². The van der Waals surface area contributed by atoms with E-state index in [1.54, 1.807) is 0 Å². The second-order valence-corrected chi connectivity index (χ2v) is 5.22. The number of unbranched alkanes of at least 4 members (excludes halogenated alkanes) is 2. The van der Waals surface area contributed by atoms with Gasteiger partial charge in [-0.2, -0.15) is 0 Å². The lowest BCUT2D eigenvalue weighted by Crippen LogP contribution is -2.20. The Morgan fingerprint density at radius 3 is 2.90 bits per heavy atom. The molecule has 1 N–H and O–H groups in total. The molecule has 0 saturated carbocycles. The van der Waals surface area contributed by atoms with Crippen LogP contribution in [-0.2, 0) is 16.1 Å². The maximum Gasteiger partial charge on any atom is 0.252 e. The zero-order valence-corrected chi connectivity index (χ0v) is 13.0. The molecule has 114 valence electrons. The second-order valence-electron chi connectivity index (χ2n) is 5.22. The number of rotatable bonds is 7. The van der Waals surface area contributed by atoms with Crippen molar-refractivity contribution in [2.45, 2.75) is 39.7 Å². The fourth-order valence-electron chi connectivity index (χ4n) is 2.49. The van der Waals surface area contributed by atoms with Crippen molar-refractivity contribution in [1.82, 2.24) is 9.55 Å². The molecule has 1 aromatic carbocycles. The van der Waals surface area contributed by atoms with Crippen molar-refractivity contribution in [3.05, 3.63) is 23.8 Å². The average Bonchev–Trinajstić information content (AvgIpc) is 2.78. The largest absolute Gasteiger partial charge is 0.375 e.